The Bertz CT molecular complexity index is 1490. The maximum Gasteiger partial charge on any atom is 0.407 e. The van der Waals surface area contributed by atoms with E-state index in [1.54, 1.807) is 11.1 Å². The molecule has 0 radical (unpaired) electrons. The third-order valence-electron chi connectivity index (χ3n) is 6.72. The van der Waals surface area contributed by atoms with Crippen LogP contribution in [0.15, 0.2) is 73.6 Å². The summed E-state index contributed by atoms with van der Waals surface area (Å²) in [5, 5.41) is 14.5. The maximum absolute atomic E-state index is 12.1. The van der Waals surface area contributed by atoms with Crippen molar-refractivity contribution in [3.8, 4) is 11.3 Å². The number of carbonyl (C=O) groups excluding carboxylic acids is 1. The van der Waals surface area contributed by atoms with Gasteiger partial charge in [-0.3, -0.25) is 9.69 Å². The molecule has 5 rings (SSSR count). The van der Waals surface area contributed by atoms with Gasteiger partial charge in [0.1, 0.15) is 0 Å². The number of benzene rings is 2. The summed E-state index contributed by atoms with van der Waals surface area (Å²) in [6.07, 6.45) is 5.16. The first-order chi connectivity index (χ1) is 18.4. The number of halogens is 1. The number of para-hydroxylation sites is 1. The fourth-order valence-corrected chi connectivity index (χ4v) is 4.99. The van der Waals surface area contributed by atoms with Crippen LogP contribution in [0, 0.1) is 0 Å². The molecule has 0 bridgehead atoms. The van der Waals surface area contributed by atoms with E-state index in [1.165, 1.54) is 11.0 Å². The molecule has 10 heteroatoms. The first kappa shape index (κ1) is 25.3. The van der Waals surface area contributed by atoms with Gasteiger partial charge in [-0.1, -0.05) is 48.5 Å². The van der Waals surface area contributed by atoms with Gasteiger partial charge in [-0.2, -0.15) is 0 Å². The highest BCUT2D eigenvalue weighted by atomic mass is 35.5. The number of carbonyl (C=O) groups is 2. The van der Waals surface area contributed by atoms with Crippen LogP contribution < -0.4 is 5.32 Å². The number of amides is 2. The molecule has 2 aromatic heterocycles. The second-order valence-corrected chi connectivity index (χ2v) is 9.56. The fraction of sp³-hybridized carbons (Fsp3) is 0.214. The molecule has 2 aromatic carbocycles. The van der Waals surface area contributed by atoms with Crippen molar-refractivity contribution >= 4 is 46.1 Å². The molecule has 0 aliphatic carbocycles. The standard InChI is InChI=1S/C28H27ClN6O3/c1-2-25(36)34-13-5-6-20(17-34)35(28(37)38)16-18-9-11-19(12-10-18)32-27-31-15-23(29)26(33-27)22-14-30-24-8-4-3-7-21(22)24/h2-4,7-12,14-15,20,30H,1,5-6,13,16-17H2,(H,37,38)(H,31,32,33). The summed E-state index contributed by atoms with van der Waals surface area (Å²) in [7, 11) is 0. The van der Waals surface area contributed by atoms with Crippen molar-refractivity contribution in [2.24, 2.45) is 0 Å². The molecule has 4 aromatic rings. The Hall–Kier alpha value is -4.37. The van der Waals surface area contributed by atoms with Gasteiger partial charge in [0.2, 0.25) is 11.9 Å². The van der Waals surface area contributed by atoms with Crippen molar-refractivity contribution < 1.29 is 14.7 Å². The zero-order valence-electron chi connectivity index (χ0n) is 20.6. The van der Waals surface area contributed by atoms with E-state index in [0.717, 1.165) is 34.1 Å². The molecule has 2 amide bonds. The zero-order valence-corrected chi connectivity index (χ0v) is 21.4. The highest BCUT2D eigenvalue weighted by Gasteiger charge is 2.30. The van der Waals surface area contributed by atoms with Crippen LogP contribution in [-0.4, -0.2) is 61.0 Å². The number of carboxylic acid groups (broad SMARTS) is 1. The Morgan fingerprint density at radius 2 is 2.03 bits per heavy atom. The van der Waals surface area contributed by atoms with Crippen LogP contribution in [0.4, 0.5) is 16.4 Å². The first-order valence-electron chi connectivity index (χ1n) is 12.3. The van der Waals surface area contributed by atoms with Crippen LogP contribution in [0.1, 0.15) is 18.4 Å². The second-order valence-electron chi connectivity index (χ2n) is 9.15. The molecule has 1 aliphatic rings. The molecule has 1 saturated heterocycles. The van der Waals surface area contributed by atoms with Crippen molar-refractivity contribution in [3.05, 3.63) is 84.2 Å². The Labute approximate surface area is 224 Å². The van der Waals surface area contributed by atoms with E-state index in [2.05, 4.69) is 26.8 Å². The number of fused-ring (bicyclic) bond motifs is 1. The number of hydrogen-bond acceptors (Lipinski definition) is 5. The number of aromatic nitrogens is 3. The SMILES string of the molecule is C=CC(=O)N1CCCC(N(Cc2ccc(Nc3ncc(Cl)c(-c4c[nH]c5ccccc45)n3)cc2)C(=O)O)C1. The van der Waals surface area contributed by atoms with Gasteiger partial charge in [-0.15, -0.1) is 0 Å². The highest BCUT2D eigenvalue weighted by molar-refractivity contribution is 6.33. The Balaban J connectivity index is 1.29. The number of piperidine rings is 1. The Morgan fingerprint density at radius 1 is 1.24 bits per heavy atom. The van der Waals surface area contributed by atoms with Gasteiger partial charge in [0, 0.05) is 48.0 Å². The molecule has 3 heterocycles. The zero-order chi connectivity index (χ0) is 26.6. The van der Waals surface area contributed by atoms with E-state index in [4.69, 9.17) is 11.6 Å². The smallest absolute Gasteiger partial charge is 0.407 e. The molecule has 1 fully saturated rings. The lowest BCUT2D eigenvalue weighted by atomic mass is 10.0. The second kappa shape index (κ2) is 10.9. The molecule has 1 aliphatic heterocycles. The van der Waals surface area contributed by atoms with Crippen LogP contribution in [0.25, 0.3) is 22.2 Å². The van der Waals surface area contributed by atoms with Crippen molar-refractivity contribution in [2.45, 2.75) is 25.4 Å². The number of hydrogen-bond donors (Lipinski definition) is 3. The van der Waals surface area contributed by atoms with Gasteiger partial charge in [0.25, 0.3) is 0 Å². The van der Waals surface area contributed by atoms with E-state index in [0.29, 0.717) is 36.2 Å². The predicted octanol–water partition coefficient (Wildman–Crippen LogP) is 5.68. The average Bonchev–Trinajstić information content (AvgIpc) is 3.37. The van der Waals surface area contributed by atoms with Crippen molar-refractivity contribution in [2.75, 3.05) is 18.4 Å². The minimum Gasteiger partial charge on any atom is -0.465 e. The quantitative estimate of drug-likeness (QED) is 0.265. The van der Waals surface area contributed by atoms with E-state index in [9.17, 15) is 14.7 Å². The molecular formula is C28H27ClN6O3. The van der Waals surface area contributed by atoms with Crippen LogP contribution >= 0.6 is 11.6 Å². The first-order valence-corrected chi connectivity index (χ1v) is 12.7. The number of nitrogens with one attached hydrogen (secondary N) is 2. The monoisotopic (exact) mass is 530 g/mol. The van der Waals surface area contributed by atoms with Gasteiger partial charge in [-0.25, -0.2) is 14.8 Å². The van der Waals surface area contributed by atoms with Crippen LogP contribution in [0.3, 0.4) is 0 Å². The van der Waals surface area contributed by atoms with Gasteiger partial charge in [0.05, 0.1) is 23.0 Å². The lowest BCUT2D eigenvalue weighted by Gasteiger charge is -2.37. The number of rotatable bonds is 7. The molecular weight excluding hydrogens is 504 g/mol. The van der Waals surface area contributed by atoms with E-state index >= 15 is 0 Å². The number of likely N-dealkylation sites (tertiary alicyclic amines) is 1. The summed E-state index contributed by atoms with van der Waals surface area (Å²) in [6.45, 7) is 4.74. The Morgan fingerprint density at radius 3 is 2.79 bits per heavy atom. The van der Waals surface area contributed by atoms with Gasteiger partial charge in [0.15, 0.2) is 0 Å². The van der Waals surface area contributed by atoms with E-state index < -0.39 is 6.09 Å². The molecule has 194 valence electrons. The summed E-state index contributed by atoms with van der Waals surface area (Å²) in [4.78, 5) is 39.3. The van der Waals surface area contributed by atoms with Gasteiger partial charge >= 0.3 is 6.09 Å². The number of anilines is 2. The molecule has 3 N–H and O–H groups in total. The number of aromatic amines is 1. The summed E-state index contributed by atoms with van der Waals surface area (Å²) in [5.74, 6) is 0.219. The molecule has 0 spiro atoms. The third kappa shape index (κ3) is 5.33. The molecule has 1 atom stereocenters. The molecule has 0 saturated carbocycles. The summed E-state index contributed by atoms with van der Waals surface area (Å²) < 4.78 is 0. The molecule has 38 heavy (non-hydrogen) atoms. The van der Waals surface area contributed by atoms with Gasteiger partial charge < -0.3 is 20.3 Å². The van der Waals surface area contributed by atoms with Crippen molar-refractivity contribution in [1.82, 2.24) is 24.8 Å². The highest BCUT2D eigenvalue weighted by Crippen LogP contribution is 2.32. The van der Waals surface area contributed by atoms with Crippen molar-refractivity contribution in [1.29, 1.82) is 0 Å². The van der Waals surface area contributed by atoms with Crippen LogP contribution in [-0.2, 0) is 11.3 Å². The molecule has 1 unspecified atom stereocenters. The van der Waals surface area contributed by atoms with Crippen LogP contribution in [0.2, 0.25) is 5.02 Å². The third-order valence-corrected chi connectivity index (χ3v) is 7.00. The summed E-state index contributed by atoms with van der Waals surface area (Å²) in [5.41, 5.74) is 4.08. The summed E-state index contributed by atoms with van der Waals surface area (Å²) >= 11 is 6.44. The predicted molar refractivity (Wildman–Crippen MR) is 147 cm³/mol. The molecule has 9 nitrogen and oxygen atoms in total. The van der Waals surface area contributed by atoms with E-state index in [1.807, 2.05) is 54.7 Å². The van der Waals surface area contributed by atoms with Crippen LogP contribution in [0.5, 0.6) is 0 Å². The van der Waals surface area contributed by atoms with Gasteiger partial charge in [-0.05, 0) is 42.7 Å². The number of nitrogens with zero attached hydrogens (tertiary/aromatic N) is 4. The number of H-pyrrole nitrogens is 1. The minimum atomic E-state index is -1.01. The normalized spacial score (nSPS) is 15.3. The fourth-order valence-electron chi connectivity index (χ4n) is 4.79. The van der Waals surface area contributed by atoms with Crippen molar-refractivity contribution in [3.63, 3.8) is 0 Å². The topological polar surface area (TPSA) is 114 Å². The lowest BCUT2D eigenvalue weighted by Crippen LogP contribution is -2.50. The largest absolute Gasteiger partial charge is 0.465 e. The maximum atomic E-state index is 12.1. The van der Waals surface area contributed by atoms with E-state index in [-0.39, 0.29) is 18.5 Å². The Kier molecular flexibility index (Phi) is 7.28. The average molecular weight is 531 g/mol. The minimum absolute atomic E-state index is 0.173. The lowest BCUT2D eigenvalue weighted by molar-refractivity contribution is -0.128. The summed E-state index contributed by atoms with van der Waals surface area (Å²) in [6, 6.07) is 15.1.